The van der Waals surface area contributed by atoms with E-state index in [0.29, 0.717) is 11.5 Å². The van der Waals surface area contributed by atoms with Crippen molar-refractivity contribution in [3.05, 3.63) is 95.0 Å². The molecule has 37 heavy (non-hydrogen) atoms. The van der Waals surface area contributed by atoms with Crippen LogP contribution in [0, 0.1) is 6.92 Å². The Balaban J connectivity index is 1.63. The number of carbonyl (C=O) groups excluding carboxylic acids is 1. The minimum absolute atomic E-state index is 0.0226. The number of nitrogens with one attached hydrogen (secondary N) is 1. The van der Waals surface area contributed by atoms with Crippen LogP contribution < -0.4 is 5.32 Å². The van der Waals surface area contributed by atoms with Gasteiger partial charge < -0.3 is 10.1 Å². The highest BCUT2D eigenvalue weighted by molar-refractivity contribution is 9.10. The number of nitrogens with zero attached hydrogens (tertiary/aromatic N) is 3. The van der Waals surface area contributed by atoms with Crippen molar-refractivity contribution in [2.75, 3.05) is 32.1 Å². The quantitative estimate of drug-likeness (QED) is 0.287. The molecule has 0 saturated heterocycles. The van der Waals surface area contributed by atoms with Crippen molar-refractivity contribution in [2.45, 2.75) is 11.8 Å². The Labute approximate surface area is 225 Å². The molecule has 8 nitrogen and oxygen atoms in total. The maximum absolute atomic E-state index is 13.3. The Morgan fingerprint density at radius 2 is 1.70 bits per heavy atom. The van der Waals surface area contributed by atoms with Gasteiger partial charge in [0.1, 0.15) is 5.82 Å². The monoisotopic (exact) mass is 582 g/mol. The Kier molecular flexibility index (Phi) is 8.55. The van der Waals surface area contributed by atoms with Crippen LogP contribution in [0.3, 0.4) is 0 Å². The summed E-state index contributed by atoms with van der Waals surface area (Å²) in [5.74, 6) is -0.0647. The van der Waals surface area contributed by atoms with Crippen molar-refractivity contribution >= 4 is 37.7 Å². The van der Waals surface area contributed by atoms with Gasteiger partial charge in [-0.1, -0.05) is 64.0 Å². The van der Waals surface area contributed by atoms with E-state index in [2.05, 4.69) is 21.2 Å². The summed E-state index contributed by atoms with van der Waals surface area (Å²) < 4.78 is 35.2. The van der Waals surface area contributed by atoms with Crippen LogP contribution in [0.15, 0.2) is 94.3 Å². The van der Waals surface area contributed by atoms with E-state index >= 15 is 0 Å². The van der Waals surface area contributed by atoms with E-state index in [9.17, 15) is 13.2 Å². The summed E-state index contributed by atoms with van der Waals surface area (Å²) in [6, 6.07) is 25.4. The number of benzene rings is 3. The van der Waals surface area contributed by atoms with E-state index in [1.165, 1.54) is 19.2 Å². The van der Waals surface area contributed by atoms with E-state index in [-0.39, 0.29) is 24.6 Å². The molecular weight excluding hydrogens is 556 g/mol. The number of amides is 1. The molecule has 0 spiro atoms. The van der Waals surface area contributed by atoms with Gasteiger partial charge in [-0.3, -0.25) is 4.79 Å². The number of ether oxygens (including phenoxy) is 1. The lowest BCUT2D eigenvalue weighted by molar-refractivity contribution is -0.116. The average molecular weight is 584 g/mol. The Hall–Kier alpha value is -3.31. The highest BCUT2D eigenvalue weighted by Crippen LogP contribution is 2.25. The van der Waals surface area contributed by atoms with Crippen LogP contribution in [0.5, 0.6) is 0 Å². The second-order valence-electron chi connectivity index (χ2n) is 8.36. The van der Waals surface area contributed by atoms with Crippen molar-refractivity contribution in [3.63, 3.8) is 0 Å². The number of halogens is 1. The van der Waals surface area contributed by atoms with Gasteiger partial charge in [0, 0.05) is 29.8 Å². The normalized spacial score (nSPS) is 11.6. The number of aryl methyl sites for hydroxylation is 1. The highest BCUT2D eigenvalue weighted by atomic mass is 79.9. The lowest BCUT2D eigenvalue weighted by Gasteiger charge is -2.21. The number of hydrogen-bond donors (Lipinski definition) is 1. The summed E-state index contributed by atoms with van der Waals surface area (Å²) in [5.41, 5.74) is 3.43. The lowest BCUT2D eigenvalue weighted by atomic mass is 10.1. The SMILES string of the molecule is COCCN(CC(=O)Nc1cc(-c2ccccc2)nn1-c1ccc(C)cc1)S(=O)(=O)c1ccc(Br)cc1. The first-order valence-corrected chi connectivity index (χ1v) is 13.8. The largest absolute Gasteiger partial charge is 0.383 e. The highest BCUT2D eigenvalue weighted by Gasteiger charge is 2.27. The minimum atomic E-state index is -3.93. The number of hydrogen-bond acceptors (Lipinski definition) is 5. The van der Waals surface area contributed by atoms with Gasteiger partial charge in [-0.15, -0.1) is 0 Å². The van der Waals surface area contributed by atoms with Gasteiger partial charge >= 0.3 is 0 Å². The standard InChI is InChI=1S/C27H27BrN4O4S/c1-20-8-12-23(13-9-20)32-26(18-25(30-32)21-6-4-3-5-7-21)29-27(33)19-31(16-17-36-2)37(34,35)24-14-10-22(28)11-15-24/h3-15,18H,16-17,19H2,1-2H3,(H,29,33). The molecule has 1 aromatic heterocycles. The van der Waals surface area contributed by atoms with Crippen molar-refractivity contribution in [3.8, 4) is 16.9 Å². The fraction of sp³-hybridized carbons (Fsp3) is 0.185. The summed E-state index contributed by atoms with van der Waals surface area (Å²) in [6.45, 7) is 1.77. The zero-order valence-corrected chi connectivity index (χ0v) is 22.9. The van der Waals surface area contributed by atoms with E-state index in [1.54, 1.807) is 22.9 Å². The molecule has 10 heteroatoms. The predicted molar refractivity (Wildman–Crippen MR) is 147 cm³/mol. The molecule has 4 rings (SSSR count). The number of sulfonamides is 1. The molecule has 1 amide bonds. The zero-order valence-electron chi connectivity index (χ0n) is 20.5. The molecule has 4 aromatic rings. The summed E-state index contributed by atoms with van der Waals surface area (Å²) in [6.07, 6.45) is 0. The fourth-order valence-electron chi connectivity index (χ4n) is 3.68. The molecule has 0 aliphatic heterocycles. The molecule has 1 heterocycles. The summed E-state index contributed by atoms with van der Waals surface area (Å²) in [4.78, 5) is 13.3. The number of anilines is 1. The molecule has 0 atom stereocenters. The Morgan fingerprint density at radius 1 is 1.03 bits per heavy atom. The van der Waals surface area contributed by atoms with E-state index < -0.39 is 15.9 Å². The number of rotatable bonds is 10. The van der Waals surface area contributed by atoms with Crippen LogP contribution >= 0.6 is 15.9 Å². The van der Waals surface area contributed by atoms with E-state index in [1.807, 2.05) is 61.5 Å². The van der Waals surface area contributed by atoms with E-state index in [0.717, 1.165) is 25.6 Å². The number of carbonyl (C=O) groups is 1. The minimum Gasteiger partial charge on any atom is -0.383 e. The maximum Gasteiger partial charge on any atom is 0.243 e. The van der Waals surface area contributed by atoms with Crippen LogP contribution in [-0.4, -0.2) is 55.2 Å². The second-order valence-corrected chi connectivity index (χ2v) is 11.2. The fourth-order valence-corrected chi connectivity index (χ4v) is 5.32. The van der Waals surface area contributed by atoms with Crippen molar-refractivity contribution in [1.29, 1.82) is 0 Å². The van der Waals surface area contributed by atoms with Gasteiger partial charge in [-0.2, -0.15) is 9.40 Å². The van der Waals surface area contributed by atoms with Gasteiger partial charge in [0.2, 0.25) is 15.9 Å². The molecule has 0 fully saturated rings. The Bertz CT molecular complexity index is 1450. The van der Waals surface area contributed by atoms with Crippen molar-refractivity contribution in [2.24, 2.45) is 0 Å². The van der Waals surface area contributed by atoms with Crippen LogP contribution in [0.1, 0.15) is 5.56 Å². The van der Waals surface area contributed by atoms with Crippen LogP contribution in [0.4, 0.5) is 5.82 Å². The summed E-state index contributed by atoms with van der Waals surface area (Å²) in [5, 5.41) is 7.57. The smallest absolute Gasteiger partial charge is 0.243 e. The zero-order chi connectivity index (χ0) is 26.4. The third-order valence-corrected chi connectivity index (χ3v) is 8.03. The summed E-state index contributed by atoms with van der Waals surface area (Å²) in [7, 11) is -2.45. The lowest BCUT2D eigenvalue weighted by Crippen LogP contribution is -2.40. The van der Waals surface area contributed by atoms with Crippen LogP contribution in [0.25, 0.3) is 16.9 Å². The average Bonchev–Trinajstić information content (AvgIpc) is 3.31. The van der Waals surface area contributed by atoms with Gasteiger partial charge in [0.15, 0.2) is 0 Å². The predicted octanol–water partition coefficient (Wildman–Crippen LogP) is 4.89. The Morgan fingerprint density at radius 3 is 2.35 bits per heavy atom. The number of methoxy groups -OCH3 is 1. The first-order valence-electron chi connectivity index (χ1n) is 11.5. The van der Waals surface area contributed by atoms with Gasteiger partial charge in [0.25, 0.3) is 0 Å². The maximum atomic E-state index is 13.3. The van der Waals surface area contributed by atoms with Crippen LogP contribution in [0.2, 0.25) is 0 Å². The molecule has 0 radical (unpaired) electrons. The van der Waals surface area contributed by atoms with Gasteiger partial charge in [-0.25, -0.2) is 13.1 Å². The third-order valence-electron chi connectivity index (χ3n) is 5.64. The first kappa shape index (κ1) is 26.7. The molecule has 0 aliphatic rings. The molecule has 3 aromatic carbocycles. The van der Waals surface area contributed by atoms with Gasteiger partial charge in [-0.05, 0) is 43.3 Å². The molecule has 192 valence electrons. The van der Waals surface area contributed by atoms with E-state index in [4.69, 9.17) is 9.84 Å². The second kappa shape index (κ2) is 11.8. The van der Waals surface area contributed by atoms with Crippen molar-refractivity contribution < 1.29 is 17.9 Å². The molecule has 0 aliphatic carbocycles. The molecule has 0 saturated carbocycles. The van der Waals surface area contributed by atoms with Crippen molar-refractivity contribution in [1.82, 2.24) is 14.1 Å². The topological polar surface area (TPSA) is 93.5 Å². The third kappa shape index (κ3) is 6.53. The van der Waals surface area contributed by atoms with Crippen LogP contribution in [-0.2, 0) is 19.6 Å². The van der Waals surface area contributed by atoms with Gasteiger partial charge in [0.05, 0.1) is 29.4 Å². The summed E-state index contributed by atoms with van der Waals surface area (Å²) >= 11 is 3.32. The molecule has 0 unspecified atom stereocenters. The first-order chi connectivity index (χ1) is 17.8. The molecule has 0 bridgehead atoms. The molecular formula is C27H27BrN4O4S. The number of aromatic nitrogens is 2. The molecule has 1 N–H and O–H groups in total.